The van der Waals surface area contributed by atoms with Crippen molar-refractivity contribution >= 4 is 0 Å². The van der Waals surface area contributed by atoms with E-state index in [2.05, 4.69) is 17.2 Å². The topological polar surface area (TPSA) is 38.1 Å². The molecule has 1 aromatic heterocycles. The molecular formula is C16H20F2N2O. The maximum Gasteiger partial charge on any atom is 0.194 e. The van der Waals surface area contributed by atoms with Gasteiger partial charge in [0.1, 0.15) is 11.6 Å². The molecule has 0 saturated heterocycles. The third-order valence-electron chi connectivity index (χ3n) is 3.26. The maximum atomic E-state index is 14.0. The SMILES string of the molecule is CCCNCCCc1ncc(-c2c(F)ccc(C)c2F)o1. The van der Waals surface area contributed by atoms with Gasteiger partial charge in [-0.2, -0.15) is 0 Å². The number of oxazole rings is 1. The summed E-state index contributed by atoms with van der Waals surface area (Å²) in [6.45, 7) is 5.56. The fourth-order valence-corrected chi connectivity index (χ4v) is 2.09. The van der Waals surface area contributed by atoms with E-state index in [0.717, 1.165) is 25.9 Å². The van der Waals surface area contributed by atoms with E-state index >= 15 is 0 Å². The molecule has 2 aromatic rings. The third-order valence-corrected chi connectivity index (χ3v) is 3.26. The molecule has 1 aromatic carbocycles. The minimum atomic E-state index is -0.634. The van der Waals surface area contributed by atoms with Crippen LogP contribution in [0.5, 0.6) is 0 Å². The summed E-state index contributed by atoms with van der Waals surface area (Å²) >= 11 is 0. The Labute approximate surface area is 123 Å². The molecule has 0 aliphatic rings. The predicted molar refractivity (Wildman–Crippen MR) is 78.1 cm³/mol. The van der Waals surface area contributed by atoms with E-state index in [1.807, 2.05) is 0 Å². The molecule has 0 spiro atoms. The zero-order valence-corrected chi connectivity index (χ0v) is 12.4. The Kier molecular flexibility index (Phi) is 5.44. The monoisotopic (exact) mass is 294 g/mol. The Morgan fingerprint density at radius 1 is 1.24 bits per heavy atom. The van der Waals surface area contributed by atoms with Crippen molar-refractivity contribution < 1.29 is 13.2 Å². The third kappa shape index (κ3) is 3.88. The number of nitrogens with one attached hydrogen (secondary N) is 1. The highest BCUT2D eigenvalue weighted by molar-refractivity contribution is 5.59. The average molecular weight is 294 g/mol. The Hall–Kier alpha value is -1.75. The Morgan fingerprint density at radius 3 is 2.81 bits per heavy atom. The smallest absolute Gasteiger partial charge is 0.194 e. The molecule has 0 bridgehead atoms. The van der Waals surface area contributed by atoms with Crippen LogP contribution in [0.3, 0.4) is 0 Å². The first-order valence-electron chi connectivity index (χ1n) is 7.24. The zero-order chi connectivity index (χ0) is 15.2. The molecule has 114 valence electrons. The first kappa shape index (κ1) is 15.6. The standard InChI is InChI=1S/C16H20F2N2O/c1-3-8-19-9-4-5-14-20-10-13(21-14)15-12(17)7-6-11(2)16(15)18/h6-7,10,19H,3-5,8-9H2,1-2H3. The molecule has 5 heteroatoms. The summed E-state index contributed by atoms with van der Waals surface area (Å²) in [5.74, 6) is -0.582. The second-order valence-electron chi connectivity index (χ2n) is 5.03. The van der Waals surface area contributed by atoms with Crippen LogP contribution in [0.25, 0.3) is 11.3 Å². The minimum absolute atomic E-state index is 0.141. The molecule has 0 saturated carbocycles. The van der Waals surface area contributed by atoms with E-state index in [4.69, 9.17) is 4.42 Å². The van der Waals surface area contributed by atoms with E-state index < -0.39 is 11.6 Å². The normalized spacial score (nSPS) is 11.0. The van der Waals surface area contributed by atoms with Crippen LogP contribution < -0.4 is 5.32 Å². The molecule has 0 unspecified atom stereocenters. The van der Waals surface area contributed by atoms with E-state index in [0.29, 0.717) is 17.9 Å². The summed E-state index contributed by atoms with van der Waals surface area (Å²) in [6.07, 6.45) is 4.00. The molecule has 0 aliphatic heterocycles. The number of rotatable bonds is 7. The molecule has 0 atom stereocenters. The molecule has 0 radical (unpaired) electrons. The summed E-state index contributed by atoms with van der Waals surface area (Å²) < 4.78 is 33.3. The van der Waals surface area contributed by atoms with Gasteiger partial charge >= 0.3 is 0 Å². The van der Waals surface area contributed by atoms with Crippen LogP contribution in [0, 0.1) is 18.6 Å². The summed E-state index contributed by atoms with van der Waals surface area (Å²) in [5.41, 5.74) is 0.242. The molecule has 1 heterocycles. The van der Waals surface area contributed by atoms with Crippen molar-refractivity contribution in [3.63, 3.8) is 0 Å². The lowest BCUT2D eigenvalue weighted by Crippen LogP contribution is -2.16. The summed E-state index contributed by atoms with van der Waals surface area (Å²) in [5, 5.41) is 3.28. The lowest BCUT2D eigenvalue weighted by molar-refractivity contribution is 0.483. The van der Waals surface area contributed by atoms with Crippen LogP contribution in [0.2, 0.25) is 0 Å². The van der Waals surface area contributed by atoms with Crippen LogP contribution in [0.15, 0.2) is 22.7 Å². The van der Waals surface area contributed by atoms with Gasteiger partial charge in [-0.1, -0.05) is 13.0 Å². The summed E-state index contributed by atoms with van der Waals surface area (Å²) in [7, 11) is 0. The highest BCUT2D eigenvalue weighted by Crippen LogP contribution is 2.28. The number of hydrogen-bond acceptors (Lipinski definition) is 3. The number of aromatic nitrogens is 1. The number of benzene rings is 1. The molecule has 0 fully saturated rings. The summed E-state index contributed by atoms with van der Waals surface area (Å²) in [6, 6.07) is 2.65. The largest absolute Gasteiger partial charge is 0.441 e. The molecule has 0 amide bonds. The first-order valence-corrected chi connectivity index (χ1v) is 7.24. The molecule has 1 N–H and O–H groups in total. The first-order chi connectivity index (χ1) is 10.1. The average Bonchev–Trinajstić information content (AvgIpc) is 2.92. The van der Waals surface area contributed by atoms with Gasteiger partial charge in [0.05, 0.1) is 11.8 Å². The molecule has 3 nitrogen and oxygen atoms in total. The summed E-state index contributed by atoms with van der Waals surface area (Å²) in [4.78, 5) is 4.09. The van der Waals surface area contributed by atoms with Crippen molar-refractivity contribution in [1.82, 2.24) is 10.3 Å². The van der Waals surface area contributed by atoms with Gasteiger partial charge in [0.15, 0.2) is 11.7 Å². The van der Waals surface area contributed by atoms with Crippen molar-refractivity contribution in [1.29, 1.82) is 0 Å². The number of halogens is 2. The highest BCUT2D eigenvalue weighted by Gasteiger charge is 2.17. The fraction of sp³-hybridized carbons (Fsp3) is 0.438. The Morgan fingerprint density at radius 2 is 2.05 bits per heavy atom. The lowest BCUT2D eigenvalue weighted by Gasteiger charge is -2.04. The van der Waals surface area contributed by atoms with Crippen molar-refractivity contribution in [2.24, 2.45) is 0 Å². The van der Waals surface area contributed by atoms with Crippen LogP contribution >= 0.6 is 0 Å². The van der Waals surface area contributed by atoms with Crippen molar-refractivity contribution in [3.8, 4) is 11.3 Å². The minimum Gasteiger partial charge on any atom is -0.441 e. The zero-order valence-electron chi connectivity index (χ0n) is 12.4. The lowest BCUT2D eigenvalue weighted by atomic mass is 10.1. The van der Waals surface area contributed by atoms with Crippen molar-refractivity contribution in [3.05, 3.63) is 41.4 Å². The molecule has 0 aliphatic carbocycles. The van der Waals surface area contributed by atoms with Crippen LogP contribution in [-0.4, -0.2) is 18.1 Å². The number of hydrogen-bond donors (Lipinski definition) is 1. The van der Waals surface area contributed by atoms with Gasteiger partial charge in [-0.25, -0.2) is 13.8 Å². The van der Waals surface area contributed by atoms with Gasteiger partial charge < -0.3 is 9.73 Å². The van der Waals surface area contributed by atoms with E-state index in [-0.39, 0.29) is 11.3 Å². The highest BCUT2D eigenvalue weighted by atomic mass is 19.1. The second-order valence-corrected chi connectivity index (χ2v) is 5.03. The van der Waals surface area contributed by atoms with Crippen LogP contribution in [0.4, 0.5) is 8.78 Å². The van der Waals surface area contributed by atoms with Gasteiger partial charge in [0, 0.05) is 6.42 Å². The molecular weight excluding hydrogens is 274 g/mol. The van der Waals surface area contributed by atoms with Gasteiger partial charge in [0.25, 0.3) is 0 Å². The van der Waals surface area contributed by atoms with Gasteiger partial charge in [-0.3, -0.25) is 0 Å². The molecule has 21 heavy (non-hydrogen) atoms. The van der Waals surface area contributed by atoms with Crippen molar-refractivity contribution in [2.75, 3.05) is 13.1 Å². The second kappa shape index (κ2) is 7.31. The van der Waals surface area contributed by atoms with E-state index in [1.54, 1.807) is 6.92 Å². The van der Waals surface area contributed by atoms with Gasteiger partial charge in [0.2, 0.25) is 0 Å². The maximum absolute atomic E-state index is 14.0. The van der Waals surface area contributed by atoms with E-state index in [9.17, 15) is 8.78 Å². The Bertz CT molecular complexity index is 596. The Balaban J connectivity index is 2.05. The van der Waals surface area contributed by atoms with E-state index in [1.165, 1.54) is 18.3 Å². The van der Waals surface area contributed by atoms with Crippen LogP contribution in [0.1, 0.15) is 31.2 Å². The number of aryl methyl sites for hydroxylation is 2. The van der Waals surface area contributed by atoms with Crippen LogP contribution in [-0.2, 0) is 6.42 Å². The van der Waals surface area contributed by atoms with Gasteiger partial charge in [-0.05, 0) is 44.5 Å². The predicted octanol–water partition coefficient (Wildman–Crippen LogP) is 3.86. The molecule has 2 rings (SSSR count). The van der Waals surface area contributed by atoms with Crippen molar-refractivity contribution in [2.45, 2.75) is 33.1 Å². The number of nitrogens with zero attached hydrogens (tertiary/aromatic N) is 1. The quantitative estimate of drug-likeness (QED) is 0.788. The van der Waals surface area contributed by atoms with Gasteiger partial charge in [-0.15, -0.1) is 0 Å². The fourth-order valence-electron chi connectivity index (χ4n) is 2.09.